The molecule has 118 valence electrons. The van der Waals surface area contributed by atoms with Gasteiger partial charge in [-0.1, -0.05) is 18.2 Å². The van der Waals surface area contributed by atoms with Crippen LogP contribution in [0.5, 0.6) is 0 Å². The van der Waals surface area contributed by atoms with E-state index in [4.69, 9.17) is 4.74 Å². The average molecular weight is 325 g/mol. The molecule has 4 nitrogen and oxygen atoms in total. The third kappa shape index (κ3) is 3.27. The summed E-state index contributed by atoms with van der Waals surface area (Å²) in [6.07, 6.45) is 3.67. The van der Waals surface area contributed by atoms with Crippen molar-refractivity contribution < 1.29 is 4.74 Å². The van der Waals surface area contributed by atoms with Crippen molar-refractivity contribution in [2.45, 2.75) is 19.6 Å². The quantitative estimate of drug-likeness (QED) is 0.738. The molecule has 4 rings (SSSR count). The van der Waals surface area contributed by atoms with Crippen LogP contribution in [0.1, 0.15) is 22.4 Å². The number of ether oxygens (including phenoxy) is 1. The standard InChI is InChI=1S/C18H19N3OS/c1-13-9-20-16(10-19-13)17-12-21(6-7-22-17)11-15-8-14-4-2-3-5-18(14)23-15/h2-5,8-10,17H,6-7,11-12H2,1H3/t17-/m0/s1. The van der Waals surface area contributed by atoms with E-state index in [0.717, 1.165) is 37.6 Å². The van der Waals surface area contributed by atoms with Gasteiger partial charge in [0.1, 0.15) is 6.10 Å². The van der Waals surface area contributed by atoms with Crippen LogP contribution >= 0.6 is 11.3 Å². The molecule has 0 bridgehead atoms. The van der Waals surface area contributed by atoms with Gasteiger partial charge in [-0.3, -0.25) is 14.9 Å². The predicted molar refractivity (Wildman–Crippen MR) is 92.6 cm³/mol. The van der Waals surface area contributed by atoms with E-state index in [0.29, 0.717) is 0 Å². The van der Waals surface area contributed by atoms with Gasteiger partial charge < -0.3 is 4.74 Å². The van der Waals surface area contributed by atoms with Gasteiger partial charge in [0.25, 0.3) is 0 Å². The van der Waals surface area contributed by atoms with E-state index in [-0.39, 0.29) is 6.10 Å². The van der Waals surface area contributed by atoms with E-state index in [1.54, 1.807) is 0 Å². The van der Waals surface area contributed by atoms with E-state index < -0.39 is 0 Å². The molecule has 0 spiro atoms. The van der Waals surface area contributed by atoms with Crippen LogP contribution in [-0.2, 0) is 11.3 Å². The Kier molecular flexibility index (Phi) is 4.08. The molecule has 0 unspecified atom stereocenters. The molecule has 2 aromatic heterocycles. The summed E-state index contributed by atoms with van der Waals surface area (Å²) in [5.41, 5.74) is 1.86. The van der Waals surface area contributed by atoms with Crippen molar-refractivity contribution >= 4 is 21.4 Å². The Bertz CT molecular complexity index is 766. The molecule has 5 heteroatoms. The normalized spacial score (nSPS) is 19.3. The third-order valence-electron chi connectivity index (χ3n) is 4.14. The van der Waals surface area contributed by atoms with Crippen molar-refractivity contribution in [3.05, 3.63) is 59.0 Å². The molecule has 0 aliphatic carbocycles. The Labute approximate surface area is 139 Å². The number of morpholine rings is 1. The summed E-state index contributed by atoms with van der Waals surface area (Å²) in [6, 6.07) is 10.9. The molecule has 0 radical (unpaired) electrons. The lowest BCUT2D eigenvalue weighted by molar-refractivity contribution is -0.0348. The van der Waals surface area contributed by atoms with Crippen LogP contribution in [0, 0.1) is 6.92 Å². The van der Waals surface area contributed by atoms with E-state index >= 15 is 0 Å². The highest BCUT2D eigenvalue weighted by Crippen LogP contribution is 2.28. The first-order chi connectivity index (χ1) is 11.3. The number of nitrogens with zero attached hydrogens (tertiary/aromatic N) is 3. The summed E-state index contributed by atoms with van der Waals surface area (Å²) in [6.45, 7) is 5.49. The first-order valence-electron chi connectivity index (χ1n) is 7.88. The van der Waals surface area contributed by atoms with Gasteiger partial charge in [-0.25, -0.2) is 0 Å². The number of benzene rings is 1. The van der Waals surface area contributed by atoms with Crippen LogP contribution in [-0.4, -0.2) is 34.6 Å². The van der Waals surface area contributed by atoms with Gasteiger partial charge in [0.05, 0.1) is 24.2 Å². The zero-order valence-corrected chi connectivity index (χ0v) is 13.9. The molecular formula is C18H19N3OS. The summed E-state index contributed by atoms with van der Waals surface area (Å²) in [7, 11) is 0. The summed E-state index contributed by atoms with van der Waals surface area (Å²) in [5, 5.41) is 1.33. The average Bonchev–Trinajstić information content (AvgIpc) is 2.98. The Hall–Kier alpha value is -1.82. The monoisotopic (exact) mass is 325 g/mol. The fourth-order valence-corrected chi connectivity index (χ4v) is 4.04. The zero-order chi connectivity index (χ0) is 15.6. The van der Waals surface area contributed by atoms with Gasteiger partial charge in [-0.05, 0) is 24.4 Å². The molecule has 0 N–H and O–H groups in total. The molecule has 1 saturated heterocycles. The van der Waals surface area contributed by atoms with Gasteiger partial charge >= 0.3 is 0 Å². The third-order valence-corrected chi connectivity index (χ3v) is 5.24. The molecule has 1 fully saturated rings. The largest absolute Gasteiger partial charge is 0.369 e. The van der Waals surface area contributed by atoms with E-state index in [2.05, 4.69) is 45.2 Å². The minimum atomic E-state index is 0.0197. The summed E-state index contributed by atoms with van der Waals surface area (Å²) < 4.78 is 7.25. The number of hydrogen-bond donors (Lipinski definition) is 0. The zero-order valence-electron chi connectivity index (χ0n) is 13.1. The highest BCUT2D eigenvalue weighted by molar-refractivity contribution is 7.19. The van der Waals surface area contributed by atoms with Crippen LogP contribution in [0.3, 0.4) is 0 Å². The second kappa shape index (κ2) is 6.35. The number of hydrogen-bond acceptors (Lipinski definition) is 5. The highest BCUT2D eigenvalue weighted by atomic mass is 32.1. The molecular weight excluding hydrogens is 306 g/mol. The number of aryl methyl sites for hydroxylation is 1. The lowest BCUT2D eigenvalue weighted by atomic mass is 10.2. The van der Waals surface area contributed by atoms with Crippen molar-refractivity contribution in [3.8, 4) is 0 Å². The Balaban J connectivity index is 1.47. The molecule has 1 aliphatic rings. The molecule has 3 aromatic rings. The molecule has 0 amide bonds. The number of fused-ring (bicyclic) bond motifs is 1. The SMILES string of the molecule is Cc1cnc([C@@H]2CN(Cc3cc4ccccc4s3)CCO2)cn1. The van der Waals surface area contributed by atoms with Gasteiger partial charge in [0, 0.05) is 35.4 Å². The minimum Gasteiger partial charge on any atom is -0.369 e. The van der Waals surface area contributed by atoms with Crippen molar-refractivity contribution in [3.63, 3.8) is 0 Å². The van der Waals surface area contributed by atoms with Crippen molar-refractivity contribution in [2.75, 3.05) is 19.7 Å². The summed E-state index contributed by atoms with van der Waals surface area (Å²) in [5.74, 6) is 0. The molecule has 3 heterocycles. The first kappa shape index (κ1) is 14.8. The van der Waals surface area contributed by atoms with Crippen LogP contribution in [0.25, 0.3) is 10.1 Å². The van der Waals surface area contributed by atoms with Crippen molar-refractivity contribution in [1.29, 1.82) is 0 Å². The smallest absolute Gasteiger partial charge is 0.114 e. The molecule has 0 saturated carbocycles. The maximum Gasteiger partial charge on any atom is 0.114 e. The maximum absolute atomic E-state index is 5.89. The second-order valence-corrected chi connectivity index (χ2v) is 7.10. The molecule has 1 aromatic carbocycles. The van der Waals surface area contributed by atoms with Crippen LogP contribution in [0.2, 0.25) is 0 Å². The second-order valence-electron chi connectivity index (χ2n) is 5.93. The first-order valence-corrected chi connectivity index (χ1v) is 8.69. The molecule has 23 heavy (non-hydrogen) atoms. The van der Waals surface area contributed by atoms with Crippen LogP contribution in [0.15, 0.2) is 42.7 Å². The van der Waals surface area contributed by atoms with Gasteiger partial charge in [0.2, 0.25) is 0 Å². The lowest BCUT2D eigenvalue weighted by Gasteiger charge is -2.32. The van der Waals surface area contributed by atoms with Crippen molar-refractivity contribution in [1.82, 2.24) is 14.9 Å². The van der Waals surface area contributed by atoms with Crippen LogP contribution < -0.4 is 0 Å². The summed E-state index contributed by atoms with van der Waals surface area (Å²) in [4.78, 5) is 12.6. The molecule has 1 aliphatic heterocycles. The highest BCUT2D eigenvalue weighted by Gasteiger charge is 2.23. The van der Waals surface area contributed by atoms with Crippen LogP contribution in [0.4, 0.5) is 0 Å². The number of thiophene rings is 1. The fourth-order valence-electron chi connectivity index (χ4n) is 2.93. The van der Waals surface area contributed by atoms with E-state index in [1.165, 1.54) is 15.0 Å². The Morgan fingerprint density at radius 3 is 3.00 bits per heavy atom. The number of rotatable bonds is 3. The Morgan fingerprint density at radius 1 is 1.26 bits per heavy atom. The minimum absolute atomic E-state index is 0.0197. The predicted octanol–water partition coefficient (Wildman–Crippen LogP) is 3.57. The molecule has 1 atom stereocenters. The van der Waals surface area contributed by atoms with Crippen molar-refractivity contribution in [2.24, 2.45) is 0 Å². The van der Waals surface area contributed by atoms with Gasteiger partial charge in [-0.15, -0.1) is 11.3 Å². The van der Waals surface area contributed by atoms with Gasteiger partial charge in [0.15, 0.2) is 0 Å². The van der Waals surface area contributed by atoms with E-state index in [9.17, 15) is 0 Å². The Morgan fingerprint density at radius 2 is 2.17 bits per heavy atom. The summed E-state index contributed by atoms with van der Waals surface area (Å²) >= 11 is 1.88. The fraction of sp³-hybridized carbons (Fsp3) is 0.333. The lowest BCUT2D eigenvalue weighted by Crippen LogP contribution is -2.37. The maximum atomic E-state index is 5.89. The number of aromatic nitrogens is 2. The topological polar surface area (TPSA) is 38.2 Å². The van der Waals surface area contributed by atoms with E-state index in [1.807, 2.05) is 30.7 Å². The van der Waals surface area contributed by atoms with Gasteiger partial charge in [-0.2, -0.15) is 0 Å².